The zero-order valence-electron chi connectivity index (χ0n) is 16.1. The van der Waals surface area contributed by atoms with Gasteiger partial charge in [-0.25, -0.2) is 4.39 Å². The van der Waals surface area contributed by atoms with Crippen LogP contribution in [0.15, 0.2) is 91.0 Å². The van der Waals surface area contributed by atoms with Crippen molar-refractivity contribution in [3.8, 4) is 5.75 Å². The first-order chi connectivity index (χ1) is 14.6. The minimum atomic E-state index is -0.300. The van der Waals surface area contributed by atoms with Gasteiger partial charge in [0.2, 0.25) is 0 Å². The maximum absolute atomic E-state index is 13.3. The average Bonchev–Trinajstić information content (AvgIpc) is 2.77. The summed E-state index contributed by atoms with van der Waals surface area (Å²) in [6.45, 7) is 0.242. The topological polar surface area (TPSA) is 29.5 Å². The van der Waals surface area contributed by atoms with Gasteiger partial charge < -0.3 is 9.64 Å². The number of anilines is 1. The fraction of sp³-hybridized carbons (Fsp3) is 0.0800. The molecule has 0 heterocycles. The number of ether oxygens (including phenoxy) is 1. The van der Waals surface area contributed by atoms with E-state index in [4.69, 9.17) is 4.74 Å². The Kier molecular flexibility index (Phi) is 6.28. The number of fused-ring (bicyclic) bond motifs is 1. The quantitative estimate of drug-likeness (QED) is 0.289. The molecule has 0 aliphatic heterocycles. The molecule has 4 aromatic carbocycles. The normalized spacial score (nSPS) is 10.7. The van der Waals surface area contributed by atoms with E-state index in [0.29, 0.717) is 12.3 Å². The summed E-state index contributed by atoms with van der Waals surface area (Å²) in [6.07, 6.45) is 0. The number of hydrogen-bond donors (Lipinski definition) is 0. The minimum absolute atomic E-state index is 0.0917. The Morgan fingerprint density at radius 3 is 2.30 bits per heavy atom. The molecule has 0 unspecified atom stereocenters. The summed E-state index contributed by atoms with van der Waals surface area (Å²) in [5.74, 6) is 0.172. The number of benzene rings is 4. The van der Waals surface area contributed by atoms with Crippen molar-refractivity contribution in [2.45, 2.75) is 6.54 Å². The number of carbonyl (C=O) groups is 1. The molecule has 0 spiro atoms. The lowest BCUT2D eigenvalue weighted by molar-refractivity contribution is -0.120. The van der Waals surface area contributed by atoms with Gasteiger partial charge in [-0.1, -0.05) is 42.5 Å². The lowest BCUT2D eigenvalue weighted by Crippen LogP contribution is -2.34. The average molecular weight is 511 g/mol. The summed E-state index contributed by atoms with van der Waals surface area (Å²) < 4.78 is 20.2. The summed E-state index contributed by atoms with van der Waals surface area (Å²) in [5, 5.41) is 2.18. The van der Waals surface area contributed by atoms with Crippen LogP contribution in [0, 0.1) is 9.39 Å². The van der Waals surface area contributed by atoms with E-state index in [0.717, 1.165) is 25.6 Å². The first kappa shape index (κ1) is 20.3. The van der Waals surface area contributed by atoms with E-state index >= 15 is 0 Å². The highest BCUT2D eigenvalue weighted by Gasteiger charge is 2.17. The van der Waals surface area contributed by atoms with E-state index in [9.17, 15) is 9.18 Å². The second kappa shape index (κ2) is 9.26. The second-order valence-electron chi connectivity index (χ2n) is 6.88. The standard InChI is InChI=1S/C25H19FINO2/c26-21-8-5-18(6-9-21)16-28(23-12-10-22(27)11-13-23)25(29)17-30-24-14-7-19-3-1-2-4-20(19)15-24/h1-15H,16-17H2. The van der Waals surface area contributed by atoms with Crippen molar-refractivity contribution in [3.63, 3.8) is 0 Å². The zero-order valence-corrected chi connectivity index (χ0v) is 18.3. The number of halogens is 2. The van der Waals surface area contributed by atoms with Gasteiger partial charge in [0.05, 0.1) is 6.54 Å². The van der Waals surface area contributed by atoms with Crippen molar-refractivity contribution < 1.29 is 13.9 Å². The largest absolute Gasteiger partial charge is 0.484 e. The molecule has 4 rings (SSSR count). The molecule has 0 N–H and O–H groups in total. The van der Waals surface area contributed by atoms with Crippen LogP contribution in [0.4, 0.5) is 10.1 Å². The number of hydrogen-bond acceptors (Lipinski definition) is 2. The second-order valence-corrected chi connectivity index (χ2v) is 8.13. The van der Waals surface area contributed by atoms with E-state index in [1.54, 1.807) is 17.0 Å². The van der Waals surface area contributed by atoms with E-state index in [2.05, 4.69) is 22.6 Å². The van der Waals surface area contributed by atoms with Crippen LogP contribution in [-0.2, 0) is 11.3 Å². The Bertz CT molecular complexity index is 1160. The molecule has 0 saturated heterocycles. The van der Waals surface area contributed by atoms with Gasteiger partial charge >= 0.3 is 0 Å². The molecule has 4 aromatic rings. The summed E-state index contributed by atoms with van der Waals surface area (Å²) in [7, 11) is 0. The van der Waals surface area contributed by atoms with Crippen LogP contribution < -0.4 is 9.64 Å². The lowest BCUT2D eigenvalue weighted by Gasteiger charge is -2.23. The Morgan fingerprint density at radius 1 is 0.867 bits per heavy atom. The SMILES string of the molecule is O=C(COc1ccc2ccccc2c1)N(Cc1ccc(F)cc1)c1ccc(I)cc1. The smallest absolute Gasteiger partial charge is 0.265 e. The Labute approximate surface area is 188 Å². The predicted molar refractivity (Wildman–Crippen MR) is 126 cm³/mol. The fourth-order valence-corrected chi connectivity index (χ4v) is 3.56. The maximum atomic E-state index is 13.3. The summed E-state index contributed by atoms with van der Waals surface area (Å²) in [5.41, 5.74) is 1.61. The predicted octanol–water partition coefficient (Wildman–Crippen LogP) is 6.20. The molecule has 3 nitrogen and oxygen atoms in total. The van der Waals surface area contributed by atoms with Crippen LogP contribution in [0.1, 0.15) is 5.56 Å². The summed E-state index contributed by atoms with van der Waals surface area (Å²) in [6, 6.07) is 27.6. The van der Waals surface area contributed by atoms with Gasteiger partial charge in [-0.15, -0.1) is 0 Å². The molecule has 0 aliphatic rings. The van der Waals surface area contributed by atoms with Crippen LogP contribution in [0.2, 0.25) is 0 Å². The molecule has 0 atom stereocenters. The minimum Gasteiger partial charge on any atom is -0.484 e. The van der Waals surface area contributed by atoms with Crippen molar-refractivity contribution in [1.29, 1.82) is 0 Å². The molecule has 150 valence electrons. The van der Waals surface area contributed by atoms with Gasteiger partial charge in [-0.2, -0.15) is 0 Å². The third-order valence-corrected chi connectivity index (χ3v) is 5.50. The fourth-order valence-electron chi connectivity index (χ4n) is 3.20. The maximum Gasteiger partial charge on any atom is 0.265 e. The third kappa shape index (κ3) is 4.97. The van der Waals surface area contributed by atoms with Crippen molar-refractivity contribution in [2.24, 2.45) is 0 Å². The van der Waals surface area contributed by atoms with Crippen LogP contribution in [0.5, 0.6) is 5.75 Å². The van der Waals surface area contributed by atoms with Crippen LogP contribution in [-0.4, -0.2) is 12.5 Å². The molecule has 0 radical (unpaired) electrons. The molecular weight excluding hydrogens is 492 g/mol. The molecule has 0 aliphatic carbocycles. The molecule has 5 heteroatoms. The van der Waals surface area contributed by atoms with Gasteiger partial charge in [-0.05, 0) is 87.5 Å². The van der Waals surface area contributed by atoms with Gasteiger partial charge in [0, 0.05) is 9.26 Å². The number of amides is 1. The van der Waals surface area contributed by atoms with E-state index in [-0.39, 0.29) is 18.3 Å². The summed E-state index contributed by atoms with van der Waals surface area (Å²) >= 11 is 2.23. The van der Waals surface area contributed by atoms with Crippen LogP contribution in [0.3, 0.4) is 0 Å². The summed E-state index contributed by atoms with van der Waals surface area (Å²) in [4.78, 5) is 14.7. The molecule has 0 bridgehead atoms. The van der Waals surface area contributed by atoms with E-state index in [1.165, 1.54) is 12.1 Å². The first-order valence-corrected chi connectivity index (χ1v) is 10.6. The Hall–Kier alpha value is -2.93. The molecule has 0 aromatic heterocycles. The van der Waals surface area contributed by atoms with Crippen molar-refractivity contribution in [3.05, 3.63) is 106 Å². The van der Waals surface area contributed by atoms with Crippen LogP contribution >= 0.6 is 22.6 Å². The molecule has 0 saturated carbocycles. The number of nitrogens with zero attached hydrogens (tertiary/aromatic N) is 1. The molecule has 0 fully saturated rings. The van der Waals surface area contributed by atoms with E-state index < -0.39 is 0 Å². The molecule has 30 heavy (non-hydrogen) atoms. The highest BCUT2D eigenvalue weighted by molar-refractivity contribution is 14.1. The molecular formula is C25H19FINO2. The monoisotopic (exact) mass is 511 g/mol. The van der Waals surface area contributed by atoms with Crippen LogP contribution in [0.25, 0.3) is 10.8 Å². The van der Waals surface area contributed by atoms with Crippen molar-refractivity contribution >= 4 is 45.0 Å². The Balaban J connectivity index is 1.53. The van der Waals surface area contributed by atoms with E-state index in [1.807, 2.05) is 66.7 Å². The highest BCUT2D eigenvalue weighted by atomic mass is 127. The van der Waals surface area contributed by atoms with Crippen molar-refractivity contribution in [1.82, 2.24) is 0 Å². The highest BCUT2D eigenvalue weighted by Crippen LogP contribution is 2.22. The van der Waals surface area contributed by atoms with Gasteiger partial charge in [0.15, 0.2) is 6.61 Å². The third-order valence-electron chi connectivity index (χ3n) is 4.78. The number of rotatable bonds is 6. The molecule has 1 amide bonds. The van der Waals surface area contributed by atoms with Gasteiger partial charge in [-0.3, -0.25) is 4.79 Å². The first-order valence-electron chi connectivity index (χ1n) is 9.50. The number of carbonyl (C=O) groups excluding carboxylic acids is 1. The Morgan fingerprint density at radius 2 is 1.57 bits per heavy atom. The van der Waals surface area contributed by atoms with Gasteiger partial charge in [0.1, 0.15) is 11.6 Å². The van der Waals surface area contributed by atoms with Crippen molar-refractivity contribution in [2.75, 3.05) is 11.5 Å². The zero-order chi connectivity index (χ0) is 20.9. The lowest BCUT2D eigenvalue weighted by atomic mass is 10.1. The van der Waals surface area contributed by atoms with Gasteiger partial charge in [0.25, 0.3) is 5.91 Å².